The molecule has 0 amide bonds. The molecule has 2 aromatic carbocycles. The molecule has 0 radical (unpaired) electrons. The summed E-state index contributed by atoms with van der Waals surface area (Å²) >= 11 is 0. The number of rotatable bonds is 4. The molecule has 4 rings (SSSR count). The summed E-state index contributed by atoms with van der Waals surface area (Å²) in [7, 11) is -1.79. The quantitative estimate of drug-likeness (QED) is 0.831. The van der Waals surface area contributed by atoms with Crippen LogP contribution in [0.25, 0.3) is 0 Å². The lowest BCUT2D eigenvalue weighted by molar-refractivity contribution is 0.141. The maximum absolute atomic E-state index is 13.0. The summed E-state index contributed by atoms with van der Waals surface area (Å²) in [5.41, 5.74) is 3.66. The van der Waals surface area contributed by atoms with E-state index >= 15 is 0 Å². The third-order valence-corrected chi connectivity index (χ3v) is 8.33. The summed E-state index contributed by atoms with van der Waals surface area (Å²) in [6, 6.07) is 13.4. The zero-order chi connectivity index (χ0) is 19.9. The molecular formula is C23H29NO3S. The van der Waals surface area contributed by atoms with E-state index in [0.29, 0.717) is 10.8 Å². The lowest BCUT2D eigenvalue weighted by Crippen LogP contribution is -2.53. The van der Waals surface area contributed by atoms with Crippen LogP contribution in [0, 0.1) is 12.8 Å². The second kappa shape index (κ2) is 7.20. The van der Waals surface area contributed by atoms with Gasteiger partial charge in [-0.3, -0.25) is 0 Å². The lowest BCUT2D eigenvalue weighted by Gasteiger charge is -2.50. The van der Waals surface area contributed by atoms with Gasteiger partial charge < -0.3 is 4.74 Å². The van der Waals surface area contributed by atoms with Crippen LogP contribution in [-0.2, 0) is 21.9 Å². The van der Waals surface area contributed by atoms with Crippen LogP contribution in [-0.4, -0.2) is 21.6 Å². The number of methoxy groups -OCH3 is 1. The third-order valence-electron chi connectivity index (χ3n) is 6.83. The minimum atomic E-state index is -3.52. The lowest BCUT2D eigenvalue weighted by atomic mass is 9.57. The minimum Gasteiger partial charge on any atom is -0.496 e. The predicted octanol–water partition coefficient (Wildman–Crippen LogP) is 4.35. The summed E-state index contributed by atoms with van der Waals surface area (Å²) in [5.74, 6) is 1.25. The molecule has 28 heavy (non-hydrogen) atoms. The van der Waals surface area contributed by atoms with Crippen molar-refractivity contribution in [3.8, 4) is 5.75 Å². The number of ether oxygens (including phenoxy) is 1. The molecule has 4 nitrogen and oxygen atoms in total. The van der Waals surface area contributed by atoms with Gasteiger partial charge in [-0.05, 0) is 73.3 Å². The van der Waals surface area contributed by atoms with Crippen LogP contribution < -0.4 is 9.46 Å². The van der Waals surface area contributed by atoms with Gasteiger partial charge in [0.05, 0.1) is 12.0 Å². The molecule has 1 fully saturated rings. The van der Waals surface area contributed by atoms with Crippen LogP contribution >= 0.6 is 0 Å². The summed E-state index contributed by atoms with van der Waals surface area (Å²) in [6.45, 7) is 4.27. The Morgan fingerprint density at radius 2 is 1.86 bits per heavy atom. The molecular weight excluding hydrogens is 370 g/mol. The summed E-state index contributed by atoms with van der Waals surface area (Å²) in [5, 5.41) is 0. The van der Waals surface area contributed by atoms with Crippen molar-refractivity contribution in [3.63, 3.8) is 0 Å². The van der Waals surface area contributed by atoms with Crippen LogP contribution in [0.15, 0.2) is 47.4 Å². The Hall–Kier alpha value is -1.85. The fourth-order valence-electron chi connectivity index (χ4n) is 5.35. The number of aryl methyl sites for hydroxylation is 1. The number of nitrogens with one attached hydrogen (secondary N) is 1. The van der Waals surface area contributed by atoms with E-state index in [9.17, 15) is 8.42 Å². The predicted molar refractivity (Wildman–Crippen MR) is 111 cm³/mol. The van der Waals surface area contributed by atoms with Gasteiger partial charge in [0, 0.05) is 6.04 Å². The van der Waals surface area contributed by atoms with Crippen molar-refractivity contribution in [2.45, 2.75) is 62.3 Å². The standard InChI is InChI=1S/C23H29NO3S/c1-16-9-11-17(12-10-16)28(25,26)24-21-7-5-15-23(2)19-6-4-8-22(27-3)18(19)13-14-20(21)23/h4,6,8-12,20-21,24H,5,7,13-15H2,1-3H3/t20-,21+,23+/m1/s1. The smallest absolute Gasteiger partial charge is 0.240 e. The van der Waals surface area contributed by atoms with E-state index in [-0.39, 0.29) is 11.5 Å². The van der Waals surface area contributed by atoms with Crippen molar-refractivity contribution in [1.29, 1.82) is 0 Å². The van der Waals surface area contributed by atoms with Gasteiger partial charge in [-0.2, -0.15) is 0 Å². The van der Waals surface area contributed by atoms with Crippen molar-refractivity contribution in [2.75, 3.05) is 7.11 Å². The number of benzene rings is 2. The minimum absolute atomic E-state index is 0.0269. The SMILES string of the molecule is COc1cccc2c1CC[C@@H]1[C@@H](NS(=O)(=O)c3ccc(C)cc3)CCC[C@@]21C. The number of fused-ring (bicyclic) bond motifs is 3. The average Bonchev–Trinajstić information content (AvgIpc) is 2.67. The highest BCUT2D eigenvalue weighted by Gasteiger charge is 2.47. The molecule has 0 unspecified atom stereocenters. The van der Waals surface area contributed by atoms with E-state index in [2.05, 4.69) is 23.8 Å². The Kier molecular flexibility index (Phi) is 5.00. The molecule has 0 spiro atoms. The summed E-state index contributed by atoms with van der Waals surface area (Å²) < 4.78 is 34.7. The number of hydrogen-bond acceptors (Lipinski definition) is 3. The Morgan fingerprint density at radius 3 is 2.57 bits per heavy atom. The first-order valence-corrected chi connectivity index (χ1v) is 11.6. The Bertz CT molecular complexity index is 968. The van der Waals surface area contributed by atoms with Crippen LogP contribution in [0.3, 0.4) is 0 Å². The zero-order valence-corrected chi connectivity index (χ0v) is 17.7. The molecule has 0 saturated heterocycles. The van der Waals surface area contributed by atoms with Crippen molar-refractivity contribution in [3.05, 3.63) is 59.2 Å². The van der Waals surface area contributed by atoms with Gasteiger partial charge in [0.25, 0.3) is 0 Å². The zero-order valence-electron chi connectivity index (χ0n) is 16.9. The fraction of sp³-hybridized carbons (Fsp3) is 0.478. The molecule has 1 saturated carbocycles. The third kappa shape index (κ3) is 3.25. The van der Waals surface area contributed by atoms with Crippen LogP contribution in [0.1, 0.15) is 49.3 Å². The van der Waals surface area contributed by atoms with Gasteiger partial charge in [0.2, 0.25) is 10.0 Å². The maximum atomic E-state index is 13.0. The molecule has 5 heteroatoms. The van der Waals surface area contributed by atoms with Gasteiger partial charge in [-0.25, -0.2) is 13.1 Å². The second-order valence-corrected chi connectivity index (χ2v) is 10.2. The topological polar surface area (TPSA) is 55.4 Å². The van der Waals surface area contributed by atoms with E-state index in [4.69, 9.17) is 4.74 Å². The summed E-state index contributed by atoms with van der Waals surface area (Å²) in [6.07, 6.45) is 4.91. The van der Waals surface area contributed by atoms with Crippen molar-refractivity contribution in [2.24, 2.45) is 5.92 Å². The largest absolute Gasteiger partial charge is 0.496 e. The first-order valence-electron chi connectivity index (χ1n) is 10.1. The highest BCUT2D eigenvalue weighted by atomic mass is 32.2. The highest BCUT2D eigenvalue weighted by Crippen LogP contribution is 2.51. The fourth-order valence-corrected chi connectivity index (χ4v) is 6.66. The molecule has 0 aliphatic heterocycles. The monoisotopic (exact) mass is 399 g/mol. The van der Waals surface area contributed by atoms with Crippen LogP contribution in [0.4, 0.5) is 0 Å². The molecule has 0 heterocycles. The average molecular weight is 400 g/mol. The van der Waals surface area contributed by atoms with Crippen molar-refractivity contribution in [1.82, 2.24) is 4.72 Å². The second-order valence-electron chi connectivity index (χ2n) is 8.48. The Balaban J connectivity index is 1.65. The molecule has 0 aromatic heterocycles. The molecule has 3 atom stereocenters. The molecule has 150 valence electrons. The van der Waals surface area contributed by atoms with Gasteiger partial charge >= 0.3 is 0 Å². The van der Waals surface area contributed by atoms with Gasteiger partial charge in [-0.15, -0.1) is 0 Å². The van der Waals surface area contributed by atoms with E-state index in [1.807, 2.05) is 25.1 Å². The van der Waals surface area contributed by atoms with E-state index in [0.717, 1.165) is 43.4 Å². The Labute approximate surface area is 168 Å². The molecule has 0 bridgehead atoms. The maximum Gasteiger partial charge on any atom is 0.240 e. The van der Waals surface area contributed by atoms with Crippen molar-refractivity contribution >= 4 is 10.0 Å². The molecule has 2 aliphatic rings. The van der Waals surface area contributed by atoms with E-state index in [1.54, 1.807) is 19.2 Å². The molecule has 2 aliphatic carbocycles. The first-order chi connectivity index (χ1) is 13.3. The van der Waals surface area contributed by atoms with Crippen LogP contribution in [0.5, 0.6) is 5.75 Å². The summed E-state index contributed by atoms with van der Waals surface area (Å²) in [4.78, 5) is 0.350. The molecule has 2 aromatic rings. The van der Waals surface area contributed by atoms with Gasteiger partial charge in [0.1, 0.15) is 5.75 Å². The van der Waals surface area contributed by atoms with Gasteiger partial charge in [-0.1, -0.05) is 43.2 Å². The number of sulfonamides is 1. The highest BCUT2D eigenvalue weighted by molar-refractivity contribution is 7.89. The Morgan fingerprint density at radius 1 is 1.11 bits per heavy atom. The first kappa shape index (κ1) is 19.5. The van der Waals surface area contributed by atoms with Gasteiger partial charge in [0.15, 0.2) is 0 Å². The number of hydrogen-bond donors (Lipinski definition) is 1. The van der Waals surface area contributed by atoms with E-state index in [1.165, 1.54) is 11.1 Å². The van der Waals surface area contributed by atoms with Crippen molar-refractivity contribution < 1.29 is 13.2 Å². The van der Waals surface area contributed by atoms with E-state index < -0.39 is 10.0 Å². The van der Waals surface area contributed by atoms with Crippen LogP contribution in [0.2, 0.25) is 0 Å². The normalized spacial score (nSPS) is 27.0. The molecule has 1 N–H and O–H groups in total.